The number of aromatic nitrogens is 2. The van der Waals surface area contributed by atoms with Gasteiger partial charge in [-0.25, -0.2) is 4.98 Å². The third-order valence-electron chi connectivity index (χ3n) is 2.87. The number of nitrogens with zero attached hydrogens (tertiary/aromatic N) is 2. The summed E-state index contributed by atoms with van der Waals surface area (Å²) < 4.78 is 31.1. The number of aryl methyl sites for hydroxylation is 1. The predicted octanol–water partition coefficient (Wildman–Crippen LogP) is 3.23. The van der Waals surface area contributed by atoms with Crippen molar-refractivity contribution in [3.05, 3.63) is 42.7 Å². The summed E-state index contributed by atoms with van der Waals surface area (Å²) in [5.74, 6) is 1.13. The van der Waals surface area contributed by atoms with E-state index >= 15 is 0 Å². The normalized spacial score (nSPS) is 10.8. The lowest BCUT2D eigenvalue weighted by Crippen LogP contribution is -2.05. The van der Waals surface area contributed by atoms with Gasteiger partial charge in [-0.1, -0.05) is 18.2 Å². The molecule has 0 aliphatic rings. The average Bonchev–Trinajstić information content (AvgIpc) is 2.67. The molecule has 0 saturated heterocycles. The highest BCUT2D eigenvalue weighted by molar-refractivity contribution is 5.76. The first kappa shape index (κ1) is 14.0. The summed E-state index contributed by atoms with van der Waals surface area (Å²) in [4.78, 5) is 4.33. The van der Waals surface area contributed by atoms with Crippen LogP contribution in [0.5, 0.6) is 5.75 Å². The molecule has 0 atom stereocenters. The van der Waals surface area contributed by atoms with Crippen LogP contribution in [0.25, 0.3) is 11.3 Å². The highest BCUT2D eigenvalue weighted by Crippen LogP contribution is 2.34. The van der Waals surface area contributed by atoms with Crippen LogP contribution in [0.4, 0.5) is 14.6 Å². The Morgan fingerprint density at radius 1 is 1.45 bits per heavy atom. The lowest BCUT2D eigenvalue weighted by Gasteiger charge is -2.09. The molecule has 0 bridgehead atoms. The zero-order chi connectivity index (χ0) is 14.7. The number of para-hydroxylation sites is 1. The van der Waals surface area contributed by atoms with Crippen molar-refractivity contribution in [3.8, 4) is 17.0 Å². The van der Waals surface area contributed by atoms with Crippen LogP contribution in [0.3, 0.4) is 0 Å². The van der Waals surface area contributed by atoms with Crippen molar-refractivity contribution < 1.29 is 13.5 Å². The molecular weight excluding hydrogens is 264 g/mol. The highest BCUT2D eigenvalue weighted by Gasteiger charge is 2.18. The first-order valence-electron chi connectivity index (χ1n) is 6.02. The molecule has 0 aliphatic carbocycles. The quantitative estimate of drug-likeness (QED) is 0.855. The van der Waals surface area contributed by atoms with Crippen molar-refractivity contribution >= 4 is 5.82 Å². The van der Waals surface area contributed by atoms with Crippen molar-refractivity contribution in [1.82, 2.24) is 9.55 Å². The molecule has 4 nitrogen and oxygen atoms in total. The maximum Gasteiger partial charge on any atom is 0.387 e. The first-order valence-corrected chi connectivity index (χ1v) is 6.02. The molecule has 0 saturated carbocycles. The minimum absolute atomic E-state index is 0.0532. The molecule has 0 unspecified atom stereocenters. The standard InChI is InChI=1S/C14H15F2N3O/c1-3-8-19-9(2)18-12(13(19)17)10-6-4-5-7-11(10)20-14(15)16/h3-7,14H,1,8,17H2,2H3. The van der Waals surface area contributed by atoms with E-state index in [4.69, 9.17) is 5.73 Å². The number of nitrogens with two attached hydrogens (primary N) is 1. The number of halogens is 2. The van der Waals surface area contributed by atoms with Crippen LogP contribution < -0.4 is 10.5 Å². The molecule has 2 rings (SSSR count). The molecule has 0 aliphatic heterocycles. The van der Waals surface area contributed by atoms with E-state index < -0.39 is 6.61 Å². The Balaban J connectivity index is 2.52. The van der Waals surface area contributed by atoms with Crippen molar-refractivity contribution in [2.45, 2.75) is 20.1 Å². The Kier molecular flexibility index (Phi) is 4.02. The van der Waals surface area contributed by atoms with Crippen LogP contribution in [0.15, 0.2) is 36.9 Å². The molecule has 20 heavy (non-hydrogen) atoms. The van der Waals surface area contributed by atoms with Gasteiger partial charge in [0.1, 0.15) is 23.1 Å². The second-order valence-corrected chi connectivity index (χ2v) is 4.17. The van der Waals surface area contributed by atoms with Crippen molar-refractivity contribution in [1.29, 1.82) is 0 Å². The van der Waals surface area contributed by atoms with Gasteiger partial charge in [-0.2, -0.15) is 8.78 Å². The van der Waals surface area contributed by atoms with Gasteiger partial charge in [0.15, 0.2) is 0 Å². The summed E-state index contributed by atoms with van der Waals surface area (Å²) in [5.41, 5.74) is 6.90. The fraction of sp³-hybridized carbons (Fsp3) is 0.214. The number of nitrogen functional groups attached to an aromatic ring is 1. The van der Waals surface area contributed by atoms with Gasteiger partial charge < -0.3 is 15.0 Å². The second kappa shape index (κ2) is 5.73. The predicted molar refractivity (Wildman–Crippen MR) is 73.6 cm³/mol. The molecule has 0 spiro atoms. The van der Waals surface area contributed by atoms with Gasteiger partial charge in [-0.15, -0.1) is 6.58 Å². The molecule has 1 aromatic heterocycles. The smallest absolute Gasteiger partial charge is 0.387 e. The summed E-state index contributed by atoms with van der Waals surface area (Å²) in [6, 6.07) is 6.44. The van der Waals surface area contributed by atoms with Gasteiger partial charge in [0, 0.05) is 12.1 Å². The molecule has 0 radical (unpaired) electrons. The van der Waals surface area contributed by atoms with E-state index in [9.17, 15) is 8.78 Å². The molecule has 2 aromatic rings. The number of allylic oxidation sites excluding steroid dienone is 1. The van der Waals surface area contributed by atoms with Gasteiger partial charge in [0.2, 0.25) is 0 Å². The summed E-state index contributed by atoms with van der Waals surface area (Å²) >= 11 is 0. The van der Waals surface area contributed by atoms with Gasteiger partial charge in [-0.05, 0) is 19.1 Å². The van der Waals surface area contributed by atoms with E-state index in [1.165, 1.54) is 6.07 Å². The van der Waals surface area contributed by atoms with Crippen LogP contribution in [0, 0.1) is 6.92 Å². The number of hydrogen-bond donors (Lipinski definition) is 1. The summed E-state index contributed by atoms with van der Waals surface area (Å²) in [7, 11) is 0. The van der Waals surface area contributed by atoms with Gasteiger partial charge >= 0.3 is 6.61 Å². The average molecular weight is 279 g/mol. The van der Waals surface area contributed by atoms with Crippen LogP contribution in [-0.4, -0.2) is 16.2 Å². The van der Waals surface area contributed by atoms with E-state index in [2.05, 4.69) is 16.3 Å². The SMILES string of the molecule is C=CCn1c(C)nc(-c2ccccc2OC(F)F)c1N. The Labute approximate surface area is 115 Å². The lowest BCUT2D eigenvalue weighted by atomic mass is 10.1. The lowest BCUT2D eigenvalue weighted by molar-refractivity contribution is -0.0494. The summed E-state index contributed by atoms with van der Waals surface area (Å²) in [6.45, 7) is 3.05. The molecule has 0 fully saturated rings. The highest BCUT2D eigenvalue weighted by atomic mass is 19.3. The Morgan fingerprint density at radius 2 is 2.15 bits per heavy atom. The van der Waals surface area contributed by atoms with Crippen LogP contribution in [0.1, 0.15) is 5.82 Å². The third-order valence-corrected chi connectivity index (χ3v) is 2.87. The molecule has 0 amide bonds. The fourth-order valence-corrected chi connectivity index (χ4v) is 2.00. The van der Waals surface area contributed by atoms with E-state index in [0.717, 1.165) is 0 Å². The first-order chi connectivity index (χ1) is 9.54. The molecule has 2 N–H and O–H groups in total. The van der Waals surface area contributed by atoms with E-state index in [-0.39, 0.29) is 5.75 Å². The summed E-state index contributed by atoms with van der Waals surface area (Å²) in [5, 5.41) is 0. The monoisotopic (exact) mass is 279 g/mol. The third kappa shape index (κ3) is 2.64. The van der Waals surface area contributed by atoms with Crippen LogP contribution >= 0.6 is 0 Å². The minimum atomic E-state index is -2.89. The minimum Gasteiger partial charge on any atom is -0.434 e. The molecule has 6 heteroatoms. The fourth-order valence-electron chi connectivity index (χ4n) is 2.00. The van der Waals surface area contributed by atoms with Crippen LogP contribution in [-0.2, 0) is 6.54 Å². The molecule has 1 heterocycles. The summed E-state index contributed by atoms with van der Waals surface area (Å²) in [6.07, 6.45) is 1.69. The molecule has 1 aromatic carbocycles. The number of ether oxygens (including phenoxy) is 1. The number of alkyl halides is 2. The van der Waals surface area contributed by atoms with E-state index in [0.29, 0.717) is 29.4 Å². The number of benzene rings is 1. The van der Waals surface area contributed by atoms with E-state index in [1.807, 2.05) is 0 Å². The van der Waals surface area contributed by atoms with Crippen molar-refractivity contribution in [2.24, 2.45) is 0 Å². The van der Waals surface area contributed by atoms with Crippen LogP contribution in [0.2, 0.25) is 0 Å². The number of rotatable bonds is 5. The van der Waals surface area contributed by atoms with Gasteiger partial charge in [0.25, 0.3) is 0 Å². The van der Waals surface area contributed by atoms with Gasteiger partial charge in [-0.3, -0.25) is 0 Å². The number of hydrogen-bond acceptors (Lipinski definition) is 3. The molecule has 106 valence electrons. The maximum atomic E-state index is 12.4. The van der Waals surface area contributed by atoms with Crippen molar-refractivity contribution in [2.75, 3.05) is 5.73 Å². The number of imidazole rings is 1. The Morgan fingerprint density at radius 3 is 2.80 bits per heavy atom. The number of anilines is 1. The van der Waals surface area contributed by atoms with Crippen molar-refractivity contribution in [3.63, 3.8) is 0 Å². The molecular formula is C14H15F2N3O. The zero-order valence-corrected chi connectivity index (χ0v) is 11.0. The second-order valence-electron chi connectivity index (χ2n) is 4.17. The largest absolute Gasteiger partial charge is 0.434 e. The maximum absolute atomic E-state index is 12.4. The Hall–Kier alpha value is -2.37. The van der Waals surface area contributed by atoms with E-state index in [1.54, 1.807) is 35.8 Å². The topological polar surface area (TPSA) is 53.1 Å². The Bertz CT molecular complexity index is 623. The van der Waals surface area contributed by atoms with Gasteiger partial charge in [0.05, 0.1) is 0 Å². The zero-order valence-electron chi connectivity index (χ0n) is 11.0.